The van der Waals surface area contributed by atoms with E-state index in [1.54, 1.807) is 35.2 Å². The number of benzene rings is 2. The maximum atomic E-state index is 13.2. The topological polar surface area (TPSA) is 49.8 Å². The van der Waals surface area contributed by atoms with Crippen molar-refractivity contribution in [3.05, 3.63) is 65.2 Å². The van der Waals surface area contributed by atoms with Crippen LogP contribution >= 0.6 is 0 Å². The number of halogens is 6. The second-order valence-corrected chi connectivity index (χ2v) is 9.30. The summed E-state index contributed by atoms with van der Waals surface area (Å²) < 4.78 is 85.3. The molecule has 0 bridgehead atoms. The Balaban J connectivity index is 1.89. The fourth-order valence-electron chi connectivity index (χ4n) is 4.21. The maximum Gasteiger partial charge on any atom is 0.416 e. The van der Waals surface area contributed by atoms with Crippen molar-refractivity contribution >= 4 is 11.5 Å². The number of piperidine rings is 1. The minimum Gasteiger partial charge on any atom is -0.380 e. The van der Waals surface area contributed by atoms with Gasteiger partial charge in [-0.05, 0) is 69.5 Å². The first-order valence-corrected chi connectivity index (χ1v) is 11.0. The summed E-state index contributed by atoms with van der Waals surface area (Å²) in [4.78, 5) is 13.9. The van der Waals surface area contributed by atoms with Crippen LogP contribution in [0.1, 0.15) is 56.4 Å². The van der Waals surface area contributed by atoms with Crippen molar-refractivity contribution in [1.29, 1.82) is 0 Å². The summed E-state index contributed by atoms with van der Waals surface area (Å²) in [5.41, 5.74) is -4.73. The summed E-state index contributed by atoms with van der Waals surface area (Å²) in [6, 6.07) is 10.3. The molecular weight excluding hydrogens is 476 g/mol. The molecule has 3 rings (SSSR count). The number of Topliss-reactive ketones (excluding diaryl/α,β-unsaturated/α-hetero) is 1. The molecule has 1 saturated heterocycles. The van der Waals surface area contributed by atoms with Crippen LogP contribution in [-0.2, 0) is 21.9 Å². The lowest BCUT2D eigenvalue weighted by Crippen LogP contribution is -2.63. The molecule has 1 aliphatic heterocycles. The first-order valence-electron chi connectivity index (χ1n) is 11.0. The lowest BCUT2D eigenvalue weighted by Gasteiger charge is -2.51. The van der Waals surface area contributed by atoms with Crippen LogP contribution in [0.15, 0.2) is 48.5 Å². The number of para-hydroxylation sites is 1. The predicted molar refractivity (Wildman–Crippen MR) is 118 cm³/mol. The van der Waals surface area contributed by atoms with Crippen molar-refractivity contribution in [2.45, 2.75) is 63.2 Å². The zero-order chi connectivity index (χ0) is 26.2. The standard InChI is InChI=1S/C25H27F6NO3/c1-16(18-11-19(24(26,27)28)13-20(12-18)25(29,30)31)35-15-22(3)9-10-23(34,17(2)33)14-32(22)21-7-5-4-6-8-21/h4-8,11-13,16,34H,9-10,14-15H2,1-3H3/t16-,22-,23?/m1/s1. The highest BCUT2D eigenvalue weighted by atomic mass is 19.4. The second kappa shape index (κ2) is 9.46. The van der Waals surface area contributed by atoms with Crippen molar-refractivity contribution in [3.63, 3.8) is 0 Å². The summed E-state index contributed by atoms with van der Waals surface area (Å²) >= 11 is 0. The van der Waals surface area contributed by atoms with Crippen molar-refractivity contribution in [3.8, 4) is 0 Å². The monoisotopic (exact) mass is 503 g/mol. The van der Waals surface area contributed by atoms with Gasteiger partial charge in [-0.1, -0.05) is 18.2 Å². The van der Waals surface area contributed by atoms with E-state index in [1.807, 2.05) is 6.92 Å². The van der Waals surface area contributed by atoms with Gasteiger partial charge in [0.05, 0.1) is 35.9 Å². The molecule has 1 N–H and O–H groups in total. The third-order valence-corrected chi connectivity index (χ3v) is 6.60. The van der Waals surface area contributed by atoms with E-state index in [4.69, 9.17) is 4.74 Å². The predicted octanol–water partition coefficient (Wildman–Crippen LogP) is 6.18. The Bertz CT molecular complexity index is 1020. The second-order valence-electron chi connectivity index (χ2n) is 9.30. The van der Waals surface area contributed by atoms with Crippen LogP contribution in [0, 0.1) is 0 Å². The molecule has 0 amide bonds. The van der Waals surface area contributed by atoms with E-state index >= 15 is 0 Å². The van der Waals surface area contributed by atoms with Gasteiger partial charge in [-0.2, -0.15) is 26.3 Å². The molecule has 2 aromatic carbocycles. The summed E-state index contributed by atoms with van der Waals surface area (Å²) in [6.45, 7) is 4.42. The average molecular weight is 503 g/mol. The zero-order valence-corrected chi connectivity index (χ0v) is 19.5. The summed E-state index contributed by atoms with van der Waals surface area (Å²) in [6.07, 6.45) is -10.5. The first kappa shape index (κ1) is 27.0. The molecule has 1 unspecified atom stereocenters. The van der Waals surface area contributed by atoms with Gasteiger partial charge in [0.15, 0.2) is 5.78 Å². The smallest absolute Gasteiger partial charge is 0.380 e. The van der Waals surface area contributed by atoms with Crippen LogP contribution in [0.3, 0.4) is 0 Å². The van der Waals surface area contributed by atoms with Gasteiger partial charge >= 0.3 is 12.4 Å². The number of alkyl halides is 6. The number of nitrogens with zero attached hydrogens (tertiary/aromatic N) is 1. The number of aliphatic hydroxyl groups is 1. The number of anilines is 1. The van der Waals surface area contributed by atoms with E-state index in [0.29, 0.717) is 24.2 Å². The number of β-amino-alcohol motifs (C(OH)–C–C–N with tert-alkyl or cyclic N) is 1. The van der Waals surface area contributed by atoms with Crippen molar-refractivity contribution in [1.82, 2.24) is 0 Å². The van der Waals surface area contributed by atoms with Gasteiger partial charge in [0.1, 0.15) is 5.60 Å². The largest absolute Gasteiger partial charge is 0.416 e. The molecule has 35 heavy (non-hydrogen) atoms. The molecule has 2 aromatic rings. The summed E-state index contributed by atoms with van der Waals surface area (Å²) in [7, 11) is 0. The van der Waals surface area contributed by atoms with Gasteiger partial charge in [-0.15, -0.1) is 0 Å². The minimum atomic E-state index is -4.95. The third kappa shape index (κ3) is 5.98. The Labute approximate surface area is 199 Å². The first-order chi connectivity index (χ1) is 16.1. The molecular formula is C25H27F6NO3. The van der Waals surface area contributed by atoms with Crippen molar-refractivity contribution in [2.24, 2.45) is 0 Å². The molecule has 4 nitrogen and oxygen atoms in total. The third-order valence-electron chi connectivity index (χ3n) is 6.60. The van der Waals surface area contributed by atoms with E-state index in [9.17, 15) is 36.2 Å². The van der Waals surface area contributed by atoms with E-state index in [1.165, 1.54) is 13.8 Å². The summed E-state index contributed by atoms with van der Waals surface area (Å²) in [5.74, 6) is -0.390. The van der Waals surface area contributed by atoms with Gasteiger partial charge < -0.3 is 14.7 Å². The highest BCUT2D eigenvalue weighted by molar-refractivity contribution is 5.86. The molecule has 3 atom stereocenters. The number of carbonyl (C=O) groups excluding carboxylic acids is 1. The molecule has 1 heterocycles. The van der Waals surface area contributed by atoms with Crippen molar-refractivity contribution in [2.75, 3.05) is 18.1 Å². The van der Waals surface area contributed by atoms with Crippen molar-refractivity contribution < 1.29 is 41.0 Å². The number of hydrogen-bond acceptors (Lipinski definition) is 4. The lowest BCUT2D eigenvalue weighted by atomic mass is 9.79. The number of rotatable bonds is 6. The van der Waals surface area contributed by atoms with Crippen LogP contribution in [-0.4, -0.2) is 35.2 Å². The van der Waals surface area contributed by atoms with Gasteiger partial charge in [0.25, 0.3) is 0 Å². The van der Waals surface area contributed by atoms with E-state index in [-0.39, 0.29) is 31.2 Å². The highest BCUT2D eigenvalue weighted by Crippen LogP contribution is 2.40. The Morgan fingerprint density at radius 1 is 1.03 bits per heavy atom. The Morgan fingerprint density at radius 3 is 2.06 bits per heavy atom. The van der Waals surface area contributed by atoms with Crippen LogP contribution < -0.4 is 4.90 Å². The van der Waals surface area contributed by atoms with Crippen LogP contribution in [0.4, 0.5) is 32.0 Å². The fraction of sp³-hybridized carbons (Fsp3) is 0.480. The number of ketones is 1. The molecule has 0 aromatic heterocycles. The Morgan fingerprint density at radius 2 is 1.57 bits per heavy atom. The maximum absolute atomic E-state index is 13.2. The summed E-state index contributed by atoms with van der Waals surface area (Å²) in [5, 5.41) is 10.8. The molecule has 0 aliphatic carbocycles. The molecule has 1 aliphatic rings. The fourth-order valence-corrected chi connectivity index (χ4v) is 4.21. The van der Waals surface area contributed by atoms with Crippen LogP contribution in [0.25, 0.3) is 0 Å². The van der Waals surface area contributed by atoms with E-state index in [2.05, 4.69) is 0 Å². The van der Waals surface area contributed by atoms with Crippen LogP contribution in [0.5, 0.6) is 0 Å². The number of ether oxygens (including phenoxy) is 1. The number of carbonyl (C=O) groups is 1. The normalized spacial score (nSPS) is 24.3. The van der Waals surface area contributed by atoms with Gasteiger partial charge in [-0.25, -0.2) is 0 Å². The van der Waals surface area contributed by atoms with Gasteiger partial charge in [0.2, 0.25) is 0 Å². The Kier molecular flexibility index (Phi) is 7.30. The Hall–Kier alpha value is -2.59. The average Bonchev–Trinajstić information content (AvgIpc) is 2.78. The van der Waals surface area contributed by atoms with E-state index in [0.717, 1.165) is 0 Å². The SMILES string of the molecule is CC(=O)C1(O)CC[C@](C)(CO[C@H](C)c2cc(C(F)(F)F)cc(C(F)(F)F)c2)N(c2ccccc2)C1. The quantitative estimate of drug-likeness (QED) is 0.479. The lowest BCUT2D eigenvalue weighted by molar-refractivity contribution is -0.143. The molecule has 0 spiro atoms. The number of hydrogen-bond donors (Lipinski definition) is 1. The molecule has 10 heteroatoms. The van der Waals surface area contributed by atoms with Gasteiger partial charge in [0, 0.05) is 5.69 Å². The molecule has 192 valence electrons. The molecule has 0 radical (unpaired) electrons. The zero-order valence-electron chi connectivity index (χ0n) is 19.5. The van der Waals surface area contributed by atoms with E-state index < -0.39 is 46.5 Å². The van der Waals surface area contributed by atoms with Crippen LogP contribution in [0.2, 0.25) is 0 Å². The van der Waals surface area contributed by atoms with Gasteiger partial charge in [-0.3, -0.25) is 4.79 Å². The molecule has 1 fully saturated rings. The molecule has 0 saturated carbocycles. The minimum absolute atomic E-state index is 0.0254. The highest BCUT2D eigenvalue weighted by Gasteiger charge is 2.47.